The molecular weight excluding hydrogens is 284 g/mol. The van der Waals surface area contributed by atoms with Crippen molar-refractivity contribution in [2.45, 2.75) is 0 Å². The first kappa shape index (κ1) is 13.4. The molecule has 4 aromatic rings. The Morgan fingerprint density at radius 2 is 1.61 bits per heavy atom. The summed E-state index contributed by atoms with van der Waals surface area (Å²) in [6.45, 7) is 0. The van der Waals surface area contributed by atoms with E-state index in [0.29, 0.717) is 5.82 Å². The number of anilines is 1. The molecule has 0 fully saturated rings. The minimum atomic E-state index is 0.412. The summed E-state index contributed by atoms with van der Waals surface area (Å²) in [5, 5.41) is 1.07. The molecule has 110 valence electrons. The first-order valence-electron chi connectivity index (χ1n) is 7.34. The lowest BCUT2D eigenvalue weighted by molar-refractivity contribution is 1.22. The first-order chi connectivity index (χ1) is 11.3. The third-order valence-electron chi connectivity index (χ3n) is 3.71. The Morgan fingerprint density at radius 3 is 2.48 bits per heavy atom. The molecule has 2 aromatic heterocycles. The quantitative estimate of drug-likeness (QED) is 0.608. The predicted molar refractivity (Wildman–Crippen MR) is 92.6 cm³/mol. The van der Waals surface area contributed by atoms with Gasteiger partial charge in [-0.05, 0) is 18.2 Å². The van der Waals surface area contributed by atoms with Crippen LogP contribution < -0.4 is 5.73 Å². The van der Waals surface area contributed by atoms with Gasteiger partial charge in [0.15, 0.2) is 0 Å². The van der Waals surface area contributed by atoms with Gasteiger partial charge in [0.05, 0.1) is 23.1 Å². The normalized spacial score (nSPS) is 10.8. The molecule has 0 amide bonds. The third kappa shape index (κ3) is 2.51. The van der Waals surface area contributed by atoms with E-state index in [1.165, 1.54) is 0 Å². The van der Waals surface area contributed by atoms with Gasteiger partial charge in [-0.2, -0.15) is 0 Å². The maximum atomic E-state index is 5.85. The summed E-state index contributed by atoms with van der Waals surface area (Å²) in [5.41, 5.74) is 10.4. The van der Waals surface area contributed by atoms with Gasteiger partial charge in [0.25, 0.3) is 0 Å². The fraction of sp³-hybridized carbons (Fsp3) is 0. The van der Waals surface area contributed by atoms with Crippen molar-refractivity contribution in [2.75, 3.05) is 5.73 Å². The Balaban J connectivity index is 1.94. The number of aromatic nitrogens is 3. The van der Waals surface area contributed by atoms with Crippen LogP contribution >= 0.6 is 0 Å². The molecular formula is C19H14N4. The molecule has 0 bridgehead atoms. The molecule has 0 saturated carbocycles. The van der Waals surface area contributed by atoms with Gasteiger partial charge >= 0.3 is 0 Å². The van der Waals surface area contributed by atoms with E-state index in [2.05, 4.69) is 21.0 Å². The maximum Gasteiger partial charge on any atom is 0.142 e. The number of nitrogens with two attached hydrogens (primary N) is 1. The molecule has 0 aliphatic heterocycles. The number of rotatable bonds is 2. The zero-order valence-electron chi connectivity index (χ0n) is 12.3. The highest BCUT2D eigenvalue weighted by Crippen LogP contribution is 2.30. The molecule has 0 atom stereocenters. The molecule has 4 heteroatoms. The van der Waals surface area contributed by atoms with Crippen LogP contribution in [0.15, 0.2) is 73.1 Å². The van der Waals surface area contributed by atoms with Crippen LogP contribution in [0.25, 0.3) is 33.4 Å². The van der Waals surface area contributed by atoms with E-state index in [0.717, 1.165) is 33.4 Å². The summed E-state index contributed by atoms with van der Waals surface area (Å²) in [6.07, 6.45) is 3.38. The largest absolute Gasteiger partial charge is 0.382 e. The second kappa shape index (κ2) is 5.50. The van der Waals surface area contributed by atoms with Crippen molar-refractivity contribution in [1.29, 1.82) is 0 Å². The predicted octanol–water partition coefficient (Wildman–Crippen LogP) is 3.94. The van der Waals surface area contributed by atoms with Gasteiger partial charge < -0.3 is 5.73 Å². The van der Waals surface area contributed by atoms with Crippen LogP contribution in [-0.2, 0) is 0 Å². The highest BCUT2D eigenvalue weighted by molar-refractivity contribution is 5.87. The zero-order chi connectivity index (χ0) is 15.6. The van der Waals surface area contributed by atoms with Gasteiger partial charge in [-0.15, -0.1) is 0 Å². The smallest absolute Gasteiger partial charge is 0.142 e. The monoisotopic (exact) mass is 298 g/mol. The van der Waals surface area contributed by atoms with Crippen LogP contribution in [0.4, 0.5) is 5.82 Å². The lowest BCUT2D eigenvalue weighted by Crippen LogP contribution is -1.98. The number of nitrogen functional groups attached to an aromatic ring is 1. The van der Waals surface area contributed by atoms with Crippen LogP contribution in [-0.4, -0.2) is 15.0 Å². The van der Waals surface area contributed by atoms with E-state index in [1.54, 1.807) is 12.4 Å². The molecule has 4 rings (SSSR count). The molecule has 23 heavy (non-hydrogen) atoms. The Labute approximate surface area is 133 Å². The molecule has 2 heterocycles. The van der Waals surface area contributed by atoms with E-state index in [-0.39, 0.29) is 0 Å². The van der Waals surface area contributed by atoms with Crippen LogP contribution in [0.5, 0.6) is 0 Å². The van der Waals surface area contributed by atoms with Gasteiger partial charge in [-0.25, -0.2) is 4.98 Å². The third-order valence-corrected chi connectivity index (χ3v) is 3.71. The van der Waals surface area contributed by atoms with Gasteiger partial charge in [-0.3, -0.25) is 9.97 Å². The molecule has 0 aliphatic rings. The van der Waals surface area contributed by atoms with Gasteiger partial charge in [-0.1, -0.05) is 42.5 Å². The standard InChI is InChI=1S/C19H14N4/c20-17-12-22-18(19(23-17)13-5-2-1-3-6-13)15-8-9-16-14(11-15)7-4-10-21-16/h1-12H,(H2,20,23). The summed E-state index contributed by atoms with van der Waals surface area (Å²) in [5.74, 6) is 0.412. The van der Waals surface area contributed by atoms with Crippen LogP contribution in [0, 0.1) is 0 Å². The van der Waals surface area contributed by atoms with E-state index in [9.17, 15) is 0 Å². The fourth-order valence-corrected chi connectivity index (χ4v) is 2.63. The second-order valence-electron chi connectivity index (χ2n) is 5.27. The molecule has 0 spiro atoms. The Hall–Kier alpha value is -3.27. The van der Waals surface area contributed by atoms with Crippen molar-refractivity contribution >= 4 is 16.7 Å². The molecule has 2 aromatic carbocycles. The minimum Gasteiger partial charge on any atom is -0.382 e. The number of hydrogen-bond acceptors (Lipinski definition) is 4. The first-order valence-corrected chi connectivity index (χ1v) is 7.34. The van der Waals surface area contributed by atoms with Gasteiger partial charge in [0.2, 0.25) is 0 Å². The summed E-state index contributed by atoms with van der Waals surface area (Å²) >= 11 is 0. The van der Waals surface area contributed by atoms with Crippen molar-refractivity contribution in [2.24, 2.45) is 0 Å². The number of nitrogens with zero attached hydrogens (tertiary/aromatic N) is 3. The summed E-state index contributed by atoms with van der Waals surface area (Å²) in [6, 6.07) is 20.0. The SMILES string of the molecule is Nc1cnc(-c2ccc3ncccc3c2)c(-c2ccccc2)n1. The summed E-state index contributed by atoms with van der Waals surface area (Å²) in [7, 11) is 0. The van der Waals surface area contributed by atoms with Crippen molar-refractivity contribution in [3.8, 4) is 22.5 Å². The average molecular weight is 298 g/mol. The van der Waals surface area contributed by atoms with E-state index in [4.69, 9.17) is 5.73 Å². The molecule has 0 saturated heterocycles. The molecule has 0 unspecified atom stereocenters. The zero-order valence-corrected chi connectivity index (χ0v) is 12.3. The molecule has 0 aliphatic carbocycles. The van der Waals surface area contributed by atoms with Gasteiger partial charge in [0.1, 0.15) is 5.82 Å². The maximum absolute atomic E-state index is 5.85. The van der Waals surface area contributed by atoms with E-state index >= 15 is 0 Å². The Bertz CT molecular complexity index is 981. The number of benzene rings is 2. The molecule has 4 nitrogen and oxygen atoms in total. The Kier molecular flexibility index (Phi) is 3.20. The Morgan fingerprint density at radius 1 is 0.739 bits per heavy atom. The number of pyridine rings is 1. The van der Waals surface area contributed by atoms with Crippen molar-refractivity contribution in [3.63, 3.8) is 0 Å². The molecule has 0 radical (unpaired) electrons. The fourth-order valence-electron chi connectivity index (χ4n) is 2.63. The highest BCUT2D eigenvalue weighted by atomic mass is 14.9. The minimum absolute atomic E-state index is 0.412. The average Bonchev–Trinajstić information content (AvgIpc) is 2.62. The summed E-state index contributed by atoms with van der Waals surface area (Å²) in [4.78, 5) is 13.4. The lowest BCUT2D eigenvalue weighted by Gasteiger charge is -2.09. The van der Waals surface area contributed by atoms with Crippen molar-refractivity contribution in [3.05, 3.63) is 73.1 Å². The van der Waals surface area contributed by atoms with Gasteiger partial charge in [0, 0.05) is 22.7 Å². The highest BCUT2D eigenvalue weighted by Gasteiger charge is 2.12. The van der Waals surface area contributed by atoms with Crippen molar-refractivity contribution in [1.82, 2.24) is 15.0 Å². The van der Waals surface area contributed by atoms with Crippen molar-refractivity contribution < 1.29 is 0 Å². The molecule has 2 N–H and O–H groups in total. The van der Waals surface area contributed by atoms with E-state index in [1.807, 2.05) is 54.6 Å². The summed E-state index contributed by atoms with van der Waals surface area (Å²) < 4.78 is 0. The number of hydrogen-bond donors (Lipinski definition) is 1. The van der Waals surface area contributed by atoms with E-state index < -0.39 is 0 Å². The van der Waals surface area contributed by atoms with Crippen LogP contribution in [0.2, 0.25) is 0 Å². The van der Waals surface area contributed by atoms with Crippen LogP contribution in [0.1, 0.15) is 0 Å². The topological polar surface area (TPSA) is 64.7 Å². The lowest BCUT2D eigenvalue weighted by atomic mass is 10.0. The second-order valence-corrected chi connectivity index (χ2v) is 5.27. The van der Waals surface area contributed by atoms with Crippen LogP contribution in [0.3, 0.4) is 0 Å². The number of fused-ring (bicyclic) bond motifs is 1.